The quantitative estimate of drug-likeness (QED) is 0.852. The number of carbonyl (C=O) groups excluding carboxylic acids is 1. The van der Waals surface area contributed by atoms with Gasteiger partial charge < -0.3 is 15.1 Å². The van der Waals surface area contributed by atoms with Crippen molar-refractivity contribution in [3.8, 4) is 0 Å². The summed E-state index contributed by atoms with van der Waals surface area (Å²) in [4.78, 5) is 12.3. The van der Waals surface area contributed by atoms with Crippen LogP contribution in [0.3, 0.4) is 0 Å². The summed E-state index contributed by atoms with van der Waals surface area (Å²) < 4.78 is 19.1. The monoisotopic (exact) mass is 290 g/mol. The van der Waals surface area contributed by atoms with Crippen LogP contribution in [-0.4, -0.2) is 12.5 Å². The summed E-state index contributed by atoms with van der Waals surface area (Å²) in [5.74, 6) is -0.110. The van der Waals surface area contributed by atoms with Crippen molar-refractivity contribution in [1.82, 2.24) is 5.32 Å². The van der Waals surface area contributed by atoms with Gasteiger partial charge in [0.25, 0.3) is 5.91 Å². The average molecular weight is 290 g/mol. The first kappa shape index (κ1) is 15.1. The van der Waals surface area contributed by atoms with E-state index in [0.717, 1.165) is 6.42 Å². The van der Waals surface area contributed by atoms with Gasteiger partial charge in [0.05, 0.1) is 23.6 Å². The van der Waals surface area contributed by atoms with E-state index in [1.807, 2.05) is 13.8 Å². The van der Waals surface area contributed by atoms with Gasteiger partial charge >= 0.3 is 0 Å². The highest BCUT2D eigenvalue weighted by atomic mass is 19.1. The molecule has 0 aliphatic heterocycles. The van der Waals surface area contributed by atoms with Gasteiger partial charge in [-0.15, -0.1) is 0 Å². The van der Waals surface area contributed by atoms with Crippen molar-refractivity contribution in [3.63, 3.8) is 0 Å². The number of anilines is 1. The fourth-order valence-corrected chi connectivity index (χ4v) is 2.03. The third kappa shape index (κ3) is 3.62. The zero-order chi connectivity index (χ0) is 15.2. The van der Waals surface area contributed by atoms with Gasteiger partial charge in [0, 0.05) is 6.54 Å². The minimum Gasteiger partial charge on any atom is -0.467 e. The molecular weight excluding hydrogens is 271 g/mol. The Morgan fingerprint density at radius 1 is 1.33 bits per heavy atom. The van der Waals surface area contributed by atoms with E-state index in [0.29, 0.717) is 17.9 Å². The van der Waals surface area contributed by atoms with E-state index in [2.05, 4.69) is 10.6 Å². The standard InChI is InChI=1S/C16H19FN2O2/c1-3-9-18-15-12(6-4-7-13(15)17)16(20)19-11(2)14-8-5-10-21-14/h4-8,10-11,18H,3,9H2,1-2H3,(H,19,20). The summed E-state index contributed by atoms with van der Waals surface area (Å²) >= 11 is 0. The van der Waals surface area contributed by atoms with Crippen LogP contribution in [0.15, 0.2) is 41.0 Å². The molecule has 2 rings (SSSR count). The van der Waals surface area contributed by atoms with Crippen LogP contribution in [-0.2, 0) is 0 Å². The number of nitrogens with one attached hydrogen (secondary N) is 2. The van der Waals surface area contributed by atoms with Crippen molar-refractivity contribution in [2.24, 2.45) is 0 Å². The molecule has 2 N–H and O–H groups in total. The molecule has 0 aliphatic carbocycles. The van der Waals surface area contributed by atoms with Crippen LogP contribution in [0.4, 0.5) is 10.1 Å². The molecule has 2 aromatic rings. The zero-order valence-electron chi connectivity index (χ0n) is 12.2. The number of benzene rings is 1. The zero-order valence-corrected chi connectivity index (χ0v) is 12.2. The van der Waals surface area contributed by atoms with Crippen LogP contribution < -0.4 is 10.6 Å². The molecule has 0 saturated carbocycles. The van der Waals surface area contributed by atoms with Gasteiger partial charge in [-0.1, -0.05) is 13.0 Å². The van der Waals surface area contributed by atoms with Crippen molar-refractivity contribution in [1.29, 1.82) is 0 Å². The molecule has 0 spiro atoms. The van der Waals surface area contributed by atoms with E-state index in [1.165, 1.54) is 12.1 Å². The average Bonchev–Trinajstić information content (AvgIpc) is 3.00. The summed E-state index contributed by atoms with van der Waals surface area (Å²) in [5.41, 5.74) is 0.533. The minimum atomic E-state index is -0.429. The molecule has 5 heteroatoms. The maximum Gasteiger partial charge on any atom is 0.254 e. The number of rotatable bonds is 6. The molecule has 0 radical (unpaired) electrons. The molecule has 1 atom stereocenters. The SMILES string of the molecule is CCCNc1c(F)cccc1C(=O)NC(C)c1ccco1. The molecule has 0 aliphatic rings. The lowest BCUT2D eigenvalue weighted by Crippen LogP contribution is -2.27. The molecule has 21 heavy (non-hydrogen) atoms. The largest absolute Gasteiger partial charge is 0.467 e. The molecule has 0 bridgehead atoms. The highest BCUT2D eigenvalue weighted by Crippen LogP contribution is 2.21. The van der Waals surface area contributed by atoms with E-state index in [4.69, 9.17) is 4.42 Å². The van der Waals surface area contributed by atoms with Crippen LogP contribution >= 0.6 is 0 Å². The fraction of sp³-hybridized carbons (Fsp3) is 0.312. The summed E-state index contributed by atoms with van der Waals surface area (Å²) in [7, 11) is 0. The Kier molecular flexibility index (Phi) is 4.98. The Bertz CT molecular complexity index is 596. The maximum absolute atomic E-state index is 13.9. The Morgan fingerprint density at radius 3 is 2.81 bits per heavy atom. The summed E-state index contributed by atoms with van der Waals surface area (Å²) in [6.07, 6.45) is 2.40. The van der Waals surface area contributed by atoms with E-state index >= 15 is 0 Å². The number of amides is 1. The normalized spacial score (nSPS) is 12.0. The Labute approximate surface area is 123 Å². The number of hydrogen-bond donors (Lipinski definition) is 2. The van der Waals surface area contributed by atoms with Gasteiger partial charge in [0.1, 0.15) is 11.6 Å². The van der Waals surface area contributed by atoms with Crippen molar-refractivity contribution >= 4 is 11.6 Å². The van der Waals surface area contributed by atoms with E-state index in [1.54, 1.807) is 24.5 Å². The van der Waals surface area contributed by atoms with Gasteiger partial charge in [0.15, 0.2) is 0 Å². The second-order valence-electron chi connectivity index (χ2n) is 4.80. The summed E-state index contributed by atoms with van der Waals surface area (Å²) in [6, 6.07) is 7.73. The number of halogens is 1. The summed E-state index contributed by atoms with van der Waals surface area (Å²) in [5, 5.41) is 5.76. The molecule has 0 fully saturated rings. The van der Waals surface area contributed by atoms with Crippen molar-refractivity contribution in [2.75, 3.05) is 11.9 Å². The lowest BCUT2D eigenvalue weighted by Gasteiger charge is -2.15. The second kappa shape index (κ2) is 6.92. The predicted molar refractivity (Wildman–Crippen MR) is 79.8 cm³/mol. The van der Waals surface area contributed by atoms with Crippen LogP contribution in [0.25, 0.3) is 0 Å². The Morgan fingerprint density at radius 2 is 2.14 bits per heavy atom. The van der Waals surface area contributed by atoms with Crippen LogP contribution in [0, 0.1) is 5.82 Å². The smallest absolute Gasteiger partial charge is 0.254 e. The second-order valence-corrected chi connectivity index (χ2v) is 4.80. The number of carbonyl (C=O) groups is 1. The van der Waals surface area contributed by atoms with Gasteiger partial charge in [-0.25, -0.2) is 4.39 Å². The molecule has 4 nitrogen and oxygen atoms in total. The third-order valence-electron chi connectivity index (χ3n) is 3.13. The van der Waals surface area contributed by atoms with Crippen LogP contribution in [0.1, 0.15) is 42.4 Å². The first-order valence-corrected chi connectivity index (χ1v) is 7.00. The van der Waals surface area contributed by atoms with E-state index in [-0.39, 0.29) is 17.6 Å². The molecule has 1 aromatic heterocycles. The number of para-hydroxylation sites is 1. The molecular formula is C16H19FN2O2. The lowest BCUT2D eigenvalue weighted by molar-refractivity contribution is 0.0936. The van der Waals surface area contributed by atoms with E-state index < -0.39 is 5.82 Å². The summed E-state index contributed by atoms with van der Waals surface area (Å²) in [6.45, 7) is 4.40. The number of furan rings is 1. The molecule has 1 amide bonds. The van der Waals surface area contributed by atoms with Crippen molar-refractivity contribution < 1.29 is 13.6 Å². The van der Waals surface area contributed by atoms with Crippen molar-refractivity contribution in [2.45, 2.75) is 26.3 Å². The highest BCUT2D eigenvalue weighted by Gasteiger charge is 2.18. The van der Waals surface area contributed by atoms with Crippen molar-refractivity contribution in [3.05, 3.63) is 53.7 Å². The molecule has 1 heterocycles. The maximum atomic E-state index is 13.9. The molecule has 0 saturated heterocycles. The highest BCUT2D eigenvalue weighted by molar-refractivity contribution is 5.99. The first-order chi connectivity index (χ1) is 10.1. The number of hydrogen-bond acceptors (Lipinski definition) is 3. The Balaban J connectivity index is 2.17. The third-order valence-corrected chi connectivity index (χ3v) is 3.13. The predicted octanol–water partition coefficient (Wildman–Crippen LogP) is 3.73. The topological polar surface area (TPSA) is 54.3 Å². The van der Waals surface area contributed by atoms with Gasteiger partial charge in [0.2, 0.25) is 0 Å². The minimum absolute atomic E-state index is 0.239. The molecule has 1 aromatic carbocycles. The van der Waals surface area contributed by atoms with E-state index in [9.17, 15) is 9.18 Å². The van der Waals surface area contributed by atoms with Crippen LogP contribution in [0.2, 0.25) is 0 Å². The van der Waals surface area contributed by atoms with Crippen LogP contribution in [0.5, 0.6) is 0 Å². The van der Waals surface area contributed by atoms with Gasteiger partial charge in [-0.2, -0.15) is 0 Å². The fourth-order valence-electron chi connectivity index (χ4n) is 2.03. The van der Waals surface area contributed by atoms with Gasteiger partial charge in [-0.05, 0) is 37.6 Å². The lowest BCUT2D eigenvalue weighted by atomic mass is 10.1. The van der Waals surface area contributed by atoms with Gasteiger partial charge in [-0.3, -0.25) is 4.79 Å². The Hall–Kier alpha value is -2.30. The molecule has 1 unspecified atom stereocenters. The first-order valence-electron chi connectivity index (χ1n) is 7.00. The molecule has 112 valence electrons.